The summed E-state index contributed by atoms with van der Waals surface area (Å²) in [6.45, 7) is 4.19. The zero-order valence-electron chi connectivity index (χ0n) is 12.8. The lowest BCUT2D eigenvalue weighted by atomic mass is 9.97. The number of carbonyl (C=O) groups is 1. The minimum Gasteiger partial charge on any atom is -0.339 e. The summed E-state index contributed by atoms with van der Waals surface area (Å²) in [6, 6.07) is 8.58. The third kappa shape index (κ3) is 3.21. The minimum atomic E-state index is 0.112. The lowest BCUT2D eigenvalue weighted by Gasteiger charge is -2.28. The molecule has 0 aliphatic heterocycles. The monoisotopic (exact) mass is 274 g/mol. The van der Waals surface area contributed by atoms with Gasteiger partial charge in [0.15, 0.2) is 0 Å². The maximum Gasteiger partial charge on any atom is 0.223 e. The molecule has 20 heavy (non-hydrogen) atoms. The van der Waals surface area contributed by atoms with Crippen molar-refractivity contribution in [1.29, 1.82) is 0 Å². The molecule has 0 aromatic heterocycles. The van der Waals surface area contributed by atoms with Gasteiger partial charge in [-0.15, -0.1) is 0 Å². The van der Waals surface area contributed by atoms with E-state index >= 15 is 0 Å². The summed E-state index contributed by atoms with van der Waals surface area (Å²) in [5.41, 5.74) is 8.52. The molecule has 3 nitrogen and oxygen atoms in total. The van der Waals surface area contributed by atoms with Crippen molar-refractivity contribution in [3.05, 3.63) is 35.4 Å². The zero-order chi connectivity index (χ0) is 14.7. The summed E-state index contributed by atoms with van der Waals surface area (Å²) in [4.78, 5) is 14.3. The largest absolute Gasteiger partial charge is 0.339 e. The van der Waals surface area contributed by atoms with Gasteiger partial charge in [-0.3, -0.25) is 4.79 Å². The Hall–Kier alpha value is -1.35. The van der Waals surface area contributed by atoms with Gasteiger partial charge < -0.3 is 10.6 Å². The molecular weight excluding hydrogens is 248 g/mol. The number of nitrogens with zero attached hydrogens (tertiary/aromatic N) is 1. The van der Waals surface area contributed by atoms with Crippen LogP contribution in [0.3, 0.4) is 0 Å². The molecule has 110 valence electrons. The predicted molar refractivity (Wildman–Crippen MR) is 82.3 cm³/mol. The second-order valence-electron chi connectivity index (χ2n) is 6.10. The second kappa shape index (κ2) is 6.40. The molecule has 0 heterocycles. The van der Waals surface area contributed by atoms with E-state index in [0.717, 1.165) is 19.3 Å². The number of hydrogen-bond donors (Lipinski definition) is 1. The number of carbonyl (C=O) groups excluding carboxylic acids is 1. The number of nitrogens with two attached hydrogens (primary N) is 1. The Kier molecular flexibility index (Phi) is 4.81. The van der Waals surface area contributed by atoms with E-state index in [1.165, 1.54) is 11.1 Å². The molecule has 3 atom stereocenters. The topological polar surface area (TPSA) is 46.3 Å². The van der Waals surface area contributed by atoms with Crippen molar-refractivity contribution in [2.75, 3.05) is 7.05 Å². The molecule has 2 rings (SSSR count). The van der Waals surface area contributed by atoms with Crippen molar-refractivity contribution in [2.45, 2.75) is 51.6 Å². The maximum atomic E-state index is 12.4. The van der Waals surface area contributed by atoms with Crippen LogP contribution >= 0.6 is 0 Å². The van der Waals surface area contributed by atoms with E-state index in [-0.39, 0.29) is 18.0 Å². The molecule has 0 spiro atoms. The fourth-order valence-electron chi connectivity index (χ4n) is 3.17. The van der Waals surface area contributed by atoms with Crippen LogP contribution in [0, 0.1) is 12.8 Å². The molecule has 0 bridgehead atoms. The lowest BCUT2D eigenvalue weighted by Crippen LogP contribution is -2.34. The molecule has 2 N–H and O–H groups in total. The first kappa shape index (κ1) is 15.0. The maximum absolute atomic E-state index is 12.4. The van der Waals surface area contributed by atoms with Crippen molar-refractivity contribution in [1.82, 2.24) is 4.90 Å². The van der Waals surface area contributed by atoms with Crippen LogP contribution in [0.15, 0.2) is 24.3 Å². The van der Waals surface area contributed by atoms with E-state index in [0.29, 0.717) is 12.3 Å². The van der Waals surface area contributed by atoms with Crippen molar-refractivity contribution in [3.63, 3.8) is 0 Å². The van der Waals surface area contributed by atoms with E-state index in [4.69, 9.17) is 5.73 Å². The highest BCUT2D eigenvalue weighted by molar-refractivity contribution is 5.76. The fourth-order valence-corrected chi connectivity index (χ4v) is 3.17. The van der Waals surface area contributed by atoms with Gasteiger partial charge >= 0.3 is 0 Å². The van der Waals surface area contributed by atoms with Gasteiger partial charge in [-0.1, -0.05) is 30.7 Å². The first-order chi connectivity index (χ1) is 9.50. The quantitative estimate of drug-likeness (QED) is 0.917. The highest BCUT2D eigenvalue weighted by Crippen LogP contribution is 2.29. The van der Waals surface area contributed by atoms with Crippen LogP contribution < -0.4 is 5.73 Å². The zero-order valence-corrected chi connectivity index (χ0v) is 12.8. The molecule has 1 aromatic carbocycles. The lowest BCUT2D eigenvalue weighted by molar-refractivity contribution is -0.132. The first-order valence-corrected chi connectivity index (χ1v) is 7.57. The molecule has 3 heteroatoms. The van der Waals surface area contributed by atoms with Crippen LogP contribution in [0.4, 0.5) is 0 Å². The smallest absolute Gasteiger partial charge is 0.223 e. The summed E-state index contributed by atoms with van der Waals surface area (Å²) >= 11 is 0. The first-order valence-electron chi connectivity index (χ1n) is 7.57. The van der Waals surface area contributed by atoms with Gasteiger partial charge in [-0.25, -0.2) is 0 Å². The summed E-state index contributed by atoms with van der Waals surface area (Å²) < 4.78 is 0. The standard InChI is InChI=1S/C17H26N2O/c1-12-7-4-5-9-15(12)13(2)19(3)17(20)11-14-8-6-10-16(14)18/h4-5,7,9,13-14,16H,6,8,10-11,18H2,1-3H3/t13?,14-,16+/m0/s1. The van der Waals surface area contributed by atoms with Crippen LogP contribution in [0.5, 0.6) is 0 Å². The van der Waals surface area contributed by atoms with Crippen molar-refractivity contribution in [2.24, 2.45) is 11.7 Å². The Morgan fingerprint density at radius 3 is 2.70 bits per heavy atom. The normalized spacial score (nSPS) is 23.6. The van der Waals surface area contributed by atoms with Gasteiger partial charge in [-0.2, -0.15) is 0 Å². The molecule has 1 aliphatic rings. The molecule has 1 unspecified atom stereocenters. The van der Waals surface area contributed by atoms with Gasteiger partial charge in [0.2, 0.25) is 5.91 Å². The van der Waals surface area contributed by atoms with Gasteiger partial charge in [0, 0.05) is 19.5 Å². The van der Waals surface area contributed by atoms with Crippen molar-refractivity contribution < 1.29 is 4.79 Å². The van der Waals surface area contributed by atoms with Crippen LogP contribution in [0.25, 0.3) is 0 Å². The van der Waals surface area contributed by atoms with Crippen LogP contribution in [-0.4, -0.2) is 23.9 Å². The van der Waals surface area contributed by atoms with E-state index in [1.54, 1.807) is 0 Å². The highest BCUT2D eigenvalue weighted by atomic mass is 16.2. The van der Waals surface area contributed by atoms with E-state index in [1.807, 2.05) is 24.1 Å². The van der Waals surface area contributed by atoms with E-state index in [2.05, 4.69) is 26.0 Å². The fraction of sp³-hybridized carbons (Fsp3) is 0.588. The number of benzene rings is 1. The Bertz CT molecular complexity index is 472. The number of aryl methyl sites for hydroxylation is 1. The van der Waals surface area contributed by atoms with E-state index in [9.17, 15) is 4.79 Å². The average molecular weight is 274 g/mol. The molecule has 1 fully saturated rings. The Labute approximate surface area is 122 Å². The molecule has 1 aromatic rings. The summed E-state index contributed by atoms with van der Waals surface area (Å²) in [5.74, 6) is 0.581. The number of rotatable bonds is 4. The van der Waals surface area contributed by atoms with Gasteiger partial charge in [0.05, 0.1) is 6.04 Å². The highest BCUT2D eigenvalue weighted by Gasteiger charge is 2.28. The number of hydrogen-bond acceptors (Lipinski definition) is 2. The van der Waals surface area contributed by atoms with Gasteiger partial charge in [-0.05, 0) is 43.7 Å². The van der Waals surface area contributed by atoms with Crippen molar-refractivity contribution >= 4 is 5.91 Å². The van der Waals surface area contributed by atoms with Crippen LogP contribution in [-0.2, 0) is 4.79 Å². The molecule has 0 saturated heterocycles. The summed E-state index contributed by atoms with van der Waals surface area (Å²) in [7, 11) is 1.90. The molecule has 0 radical (unpaired) electrons. The molecule has 1 aliphatic carbocycles. The molecule has 1 amide bonds. The van der Waals surface area contributed by atoms with Gasteiger partial charge in [0.1, 0.15) is 0 Å². The summed E-state index contributed by atoms with van der Waals surface area (Å²) in [5, 5.41) is 0. The van der Waals surface area contributed by atoms with Crippen molar-refractivity contribution in [3.8, 4) is 0 Å². The Morgan fingerprint density at radius 2 is 2.10 bits per heavy atom. The average Bonchev–Trinajstić information content (AvgIpc) is 2.83. The third-order valence-corrected chi connectivity index (χ3v) is 4.77. The summed E-state index contributed by atoms with van der Waals surface area (Å²) in [6.07, 6.45) is 3.92. The second-order valence-corrected chi connectivity index (χ2v) is 6.10. The Morgan fingerprint density at radius 1 is 1.40 bits per heavy atom. The minimum absolute atomic E-state index is 0.112. The Balaban J connectivity index is 2.01. The molecule has 1 saturated carbocycles. The van der Waals surface area contributed by atoms with Gasteiger partial charge in [0.25, 0.3) is 0 Å². The molecular formula is C17H26N2O. The SMILES string of the molecule is Cc1ccccc1C(C)N(C)C(=O)C[C@@H]1CCC[C@H]1N. The van der Waals surface area contributed by atoms with Crippen LogP contribution in [0.1, 0.15) is 49.8 Å². The predicted octanol–water partition coefficient (Wildman–Crippen LogP) is 3.03. The third-order valence-electron chi connectivity index (χ3n) is 4.77. The number of amides is 1. The van der Waals surface area contributed by atoms with Crippen LogP contribution in [0.2, 0.25) is 0 Å². The van der Waals surface area contributed by atoms with E-state index < -0.39 is 0 Å².